The van der Waals surface area contributed by atoms with Crippen LogP contribution >= 0.6 is 0 Å². The van der Waals surface area contributed by atoms with E-state index in [1.54, 1.807) is 32.4 Å². The molecule has 1 aromatic rings. The molecule has 1 atom stereocenters. The molecule has 1 aromatic carbocycles. The zero-order chi connectivity index (χ0) is 13.8. The first-order valence-corrected chi connectivity index (χ1v) is 6.21. The number of benzene rings is 1. The standard InChI is InChI=1S/C14H19NO4/c1-15-4-5-19-13(9-15)14(16)10-6-11(17-2)8-12(7-10)18-3/h6-8,13H,4-5,9H2,1-3H3. The summed E-state index contributed by atoms with van der Waals surface area (Å²) >= 11 is 0. The van der Waals surface area contributed by atoms with Gasteiger partial charge in [0, 0.05) is 24.7 Å². The molecule has 0 aliphatic carbocycles. The van der Waals surface area contributed by atoms with E-state index in [0.717, 1.165) is 6.54 Å². The summed E-state index contributed by atoms with van der Waals surface area (Å²) in [5.74, 6) is 1.17. The Morgan fingerprint density at radius 3 is 2.42 bits per heavy atom. The van der Waals surface area contributed by atoms with Crippen LogP contribution in [0.4, 0.5) is 0 Å². The molecular formula is C14H19NO4. The molecule has 5 heteroatoms. The molecule has 0 spiro atoms. The summed E-state index contributed by atoms with van der Waals surface area (Å²) < 4.78 is 15.9. The summed E-state index contributed by atoms with van der Waals surface area (Å²) in [6, 6.07) is 5.16. The van der Waals surface area contributed by atoms with Gasteiger partial charge < -0.3 is 19.1 Å². The largest absolute Gasteiger partial charge is 0.497 e. The summed E-state index contributed by atoms with van der Waals surface area (Å²) in [6.07, 6.45) is -0.421. The van der Waals surface area contributed by atoms with Crippen LogP contribution in [0.15, 0.2) is 18.2 Å². The quantitative estimate of drug-likeness (QED) is 0.766. The van der Waals surface area contributed by atoms with E-state index in [9.17, 15) is 4.79 Å². The molecule has 104 valence electrons. The zero-order valence-corrected chi connectivity index (χ0v) is 11.5. The number of ether oxygens (including phenoxy) is 3. The van der Waals surface area contributed by atoms with Gasteiger partial charge in [0.15, 0.2) is 5.78 Å². The number of ketones is 1. The molecule has 5 nitrogen and oxygen atoms in total. The van der Waals surface area contributed by atoms with Crippen molar-refractivity contribution >= 4 is 5.78 Å². The normalized spacial score (nSPS) is 20.1. The monoisotopic (exact) mass is 265 g/mol. The fraction of sp³-hybridized carbons (Fsp3) is 0.500. The molecule has 2 rings (SSSR count). The number of nitrogens with zero attached hydrogens (tertiary/aromatic N) is 1. The maximum atomic E-state index is 12.4. The highest BCUT2D eigenvalue weighted by molar-refractivity contribution is 6.00. The molecule has 1 aliphatic rings. The van der Waals surface area contributed by atoms with Gasteiger partial charge >= 0.3 is 0 Å². The highest BCUT2D eigenvalue weighted by Crippen LogP contribution is 2.24. The summed E-state index contributed by atoms with van der Waals surface area (Å²) in [7, 11) is 5.11. The molecule has 1 unspecified atom stereocenters. The van der Waals surface area contributed by atoms with Crippen molar-refractivity contribution in [1.82, 2.24) is 4.90 Å². The predicted molar refractivity (Wildman–Crippen MR) is 71.1 cm³/mol. The van der Waals surface area contributed by atoms with Crippen molar-refractivity contribution in [2.75, 3.05) is 41.0 Å². The first-order chi connectivity index (χ1) is 9.13. The minimum Gasteiger partial charge on any atom is -0.497 e. The maximum absolute atomic E-state index is 12.4. The summed E-state index contributed by atoms with van der Waals surface area (Å²) in [6.45, 7) is 2.04. The van der Waals surface area contributed by atoms with Gasteiger partial charge in [0.1, 0.15) is 17.6 Å². The molecule has 0 amide bonds. The van der Waals surface area contributed by atoms with Gasteiger partial charge in [-0.2, -0.15) is 0 Å². The lowest BCUT2D eigenvalue weighted by atomic mass is 10.0. The summed E-state index contributed by atoms with van der Waals surface area (Å²) in [4.78, 5) is 14.5. The van der Waals surface area contributed by atoms with Crippen LogP contribution in [0.2, 0.25) is 0 Å². The minimum absolute atomic E-state index is 0.0382. The van der Waals surface area contributed by atoms with Crippen molar-refractivity contribution in [3.05, 3.63) is 23.8 Å². The van der Waals surface area contributed by atoms with Crippen LogP contribution in [0.3, 0.4) is 0 Å². The average molecular weight is 265 g/mol. The summed E-state index contributed by atoms with van der Waals surface area (Å²) in [5, 5.41) is 0. The first kappa shape index (κ1) is 13.8. The van der Waals surface area contributed by atoms with Crippen LogP contribution in [0.5, 0.6) is 11.5 Å². The van der Waals surface area contributed by atoms with Crippen molar-refractivity contribution in [1.29, 1.82) is 0 Å². The number of Topliss-reactive ketones (excluding diaryl/α,β-unsaturated/α-hetero) is 1. The Bertz CT molecular complexity index is 439. The molecule has 0 radical (unpaired) electrons. The van der Waals surface area contributed by atoms with Gasteiger partial charge in [-0.1, -0.05) is 0 Å². The Morgan fingerprint density at radius 2 is 1.89 bits per heavy atom. The van der Waals surface area contributed by atoms with Gasteiger partial charge in [0.25, 0.3) is 0 Å². The van der Waals surface area contributed by atoms with Gasteiger partial charge in [0.2, 0.25) is 0 Å². The number of hydrogen-bond donors (Lipinski definition) is 0. The van der Waals surface area contributed by atoms with Gasteiger partial charge in [-0.3, -0.25) is 4.79 Å². The highest BCUT2D eigenvalue weighted by Gasteiger charge is 2.26. The highest BCUT2D eigenvalue weighted by atomic mass is 16.5. The Morgan fingerprint density at radius 1 is 1.26 bits per heavy atom. The number of carbonyl (C=O) groups excluding carboxylic acids is 1. The third-order valence-corrected chi connectivity index (χ3v) is 3.20. The van der Waals surface area contributed by atoms with E-state index in [-0.39, 0.29) is 5.78 Å². The van der Waals surface area contributed by atoms with Crippen molar-refractivity contribution in [2.45, 2.75) is 6.10 Å². The fourth-order valence-corrected chi connectivity index (χ4v) is 2.07. The second-order valence-electron chi connectivity index (χ2n) is 4.59. The Kier molecular flexibility index (Phi) is 4.39. The van der Waals surface area contributed by atoms with Gasteiger partial charge in [-0.25, -0.2) is 0 Å². The number of rotatable bonds is 4. The Balaban J connectivity index is 2.22. The number of hydrogen-bond acceptors (Lipinski definition) is 5. The number of likely N-dealkylation sites (N-methyl/N-ethyl adjacent to an activating group) is 1. The molecule has 1 heterocycles. The molecule has 19 heavy (non-hydrogen) atoms. The van der Waals surface area contributed by atoms with Crippen LogP contribution in [0.1, 0.15) is 10.4 Å². The van der Waals surface area contributed by atoms with E-state index in [2.05, 4.69) is 4.90 Å². The lowest BCUT2D eigenvalue weighted by Crippen LogP contribution is -2.44. The van der Waals surface area contributed by atoms with E-state index in [1.165, 1.54) is 0 Å². The van der Waals surface area contributed by atoms with E-state index in [4.69, 9.17) is 14.2 Å². The third-order valence-electron chi connectivity index (χ3n) is 3.20. The number of methoxy groups -OCH3 is 2. The second-order valence-corrected chi connectivity index (χ2v) is 4.59. The molecule has 0 aromatic heterocycles. The lowest BCUT2D eigenvalue weighted by molar-refractivity contribution is -0.00864. The van der Waals surface area contributed by atoms with Gasteiger partial charge in [-0.05, 0) is 19.2 Å². The molecule has 0 N–H and O–H groups in total. The zero-order valence-electron chi connectivity index (χ0n) is 11.5. The smallest absolute Gasteiger partial charge is 0.193 e. The Labute approximate surface area is 113 Å². The first-order valence-electron chi connectivity index (χ1n) is 6.21. The summed E-state index contributed by atoms with van der Waals surface area (Å²) in [5.41, 5.74) is 0.552. The molecule has 1 aliphatic heterocycles. The van der Waals surface area contributed by atoms with Gasteiger partial charge in [-0.15, -0.1) is 0 Å². The Hall–Kier alpha value is -1.59. The average Bonchev–Trinajstić information content (AvgIpc) is 2.45. The SMILES string of the molecule is COc1cc(OC)cc(C(=O)C2CN(C)CCO2)c1. The predicted octanol–water partition coefficient (Wildman–Crippen LogP) is 1.22. The van der Waals surface area contributed by atoms with Crippen molar-refractivity contribution in [3.63, 3.8) is 0 Å². The lowest BCUT2D eigenvalue weighted by Gasteiger charge is -2.29. The fourth-order valence-electron chi connectivity index (χ4n) is 2.07. The third kappa shape index (κ3) is 3.24. The topological polar surface area (TPSA) is 48.0 Å². The van der Waals surface area contributed by atoms with Crippen LogP contribution < -0.4 is 9.47 Å². The molecule has 1 fully saturated rings. The van der Waals surface area contributed by atoms with E-state index in [1.807, 2.05) is 7.05 Å². The molecule has 0 saturated carbocycles. The van der Waals surface area contributed by atoms with Crippen LogP contribution in [0, 0.1) is 0 Å². The van der Waals surface area contributed by atoms with Crippen LogP contribution in [0.25, 0.3) is 0 Å². The molecule has 1 saturated heterocycles. The van der Waals surface area contributed by atoms with Gasteiger partial charge in [0.05, 0.1) is 20.8 Å². The van der Waals surface area contributed by atoms with E-state index < -0.39 is 6.10 Å². The molecule has 0 bridgehead atoms. The second kappa shape index (κ2) is 6.04. The van der Waals surface area contributed by atoms with E-state index >= 15 is 0 Å². The number of carbonyl (C=O) groups is 1. The van der Waals surface area contributed by atoms with E-state index in [0.29, 0.717) is 30.2 Å². The maximum Gasteiger partial charge on any atom is 0.193 e. The van der Waals surface area contributed by atoms with Crippen molar-refractivity contribution < 1.29 is 19.0 Å². The van der Waals surface area contributed by atoms with Crippen molar-refractivity contribution in [2.24, 2.45) is 0 Å². The van der Waals surface area contributed by atoms with Crippen LogP contribution in [-0.4, -0.2) is 57.8 Å². The number of morpholine rings is 1. The van der Waals surface area contributed by atoms with Crippen molar-refractivity contribution in [3.8, 4) is 11.5 Å². The minimum atomic E-state index is -0.421. The molecular weight excluding hydrogens is 246 g/mol. The van der Waals surface area contributed by atoms with Crippen LogP contribution in [-0.2, 0) is 4.74 Å².